The van der Waals surface area contributed by atoms with Crippen LogP contribution < -0.4 is 5.32 Å². The first-order valence-electron chi connectivity index (χ1n) is 8.37. The number of sulfonamides is 1. The Kier molecular flexibility index (Phi) is 5.65. The Morgan fingerprint density at radius 1 is 1.27 bits per heavy atom. The number of aromatic nitrogens is 1. The predicted octanol–water partition coefficient (Wildman–Crippen LogP) is 1.42. The summed E-state index contributed by atoms with van der Waals surface area (Å²) in [6.07, 6.45) is 1.53. The standard InChI is InChI=1S/C18H21N3O4S/c1-14-13-21(10-11-25-14)26(23,24)17-7-5-15(6-8-17)18(22)20-12-16-4-2-3-9-19-16/h2-9,14H,10-13H2,1H3,(H,20,22). The average molecular weight is 375 g/mol. The summed E-state index contributed by atoms with van der Waals surface area (Å²) in [5.41, 5.74) is 1.15. The smallest absolute Gasteiger partial charge is 0.251 e. The maximum atomic E-state index is 12.7. The Hall–Kier alpha value is -2.29. The molecular weight excluding hydrogens is 354 g/mol. The van der Waals surface area contributed by atoms with E-state index in [-0.39, 0.29) is 16.9 Å². The van der Waals surface area contributed by atoms with Crippen molar-refractivity contribution in [1.82, 2.24) is 14.6 Å². The van der Waals surface area contributed by atoms with E-state index in [1.165, 1.54) is 28.6 Å². The highest BCUT2D eigenvalue weighted by Crippen LogP contribution is 2.19. The summed E-state index contributed by atoms with van der Waals surface area (Å²) in [6, 6.07) is 11.4. The van der Waals surface area contributed by atoms with Crippen LogP contribution in [0.25, 0.3) is 0 Å². The first-order valence-corrected chi connectivity index (χ1v) is 9.81. The summed E-state index contributed by atoms with van der Waals surface area (Å²) in [7, 11) is -3.58. The number of hydrogen-bond donors (Lipinski definition) is 1. The third kappa shape index (κ3) is 4.27. The van der Waals surface area contributed by atoms with Gasteiger partial charge in [0, 0.05) is 24.8 Å². The molecule has 2 aromatic rings. The van der Waals surface area contributed by atoms with E-state index >= 15 is 0 Å². The molecule has 26 heavy (non-hydrogen) atoms. The lowest BCUT2D eigenvalue weighted by atomic mass is 10.2. The molecule has 0 spiro atoms. The van der Waals surface area contributed by atoms with Gasteiger partial charge < -0.3 is 10.1 Å². The summed E-state index contributed by atoms with van der Waals surface area (Å²) in [5, 5.41) is 2.76. The Morgan fingerprint density at radius 3 is 2.69 bits per heavy atom. The number of carbonyl (C=O) groups excluding carboxylic acids is 1. The number of carbonyl (C=O) groups is 1. The van der Waals surface area contributed by atoms with Gasteiger partial charge in [-0.25, -0.2) is 8.42 Å². The van der Waals surface area contributed by atoms with Gasteiger partial charge in [0.2, 0.25) is 10.0 Å². The number of nitrogens with zero attached hydrogens (tertiary/aromatic N) is 2. The molecule has 138 valence electrons. The van der Waals surface area contributed by atoms with Gasteiger partial charge in [-0.3, -0.25) is 9.78 Å². The fourth-order valence-electron chi connectivity index (χ4n) is 2.71. The molecule has 1 saturated heterocycles. The lowest BCUT2D eigenvalue weighted by Gasteiger charge is -2.30. The summed E-state index contributed by atoms with van der Waals surface area (Å²) in [5.74, 6) is -0.278. The summed E-state index contributed by atoms with van der Waals surface area (Å²) in [6.45, 7) is 3.20. The highest BCUT2D eigenvalue weighted by Gasteiger charge is 2.29. The number of amides is 1. The zero-order chi connectivity index (χ0) is 18.6. The molecule has 3 rings (SSSR count). The second kappa shape index (κ2) is 7.94. The molecule has 1 aliphatic rings. The van der Waals surface area contributed by atoms with Gasteiger partial charge in [-0.2, -0.15) is 4.31 Å². The predicted molar refractivity (Wildman–Crippen MR) is 96.0 cm³/mol. The molecule has 1 aliphatic heterocycles. The number of nitrogens with one attached hydrogen (secondary N) is 1. The topological polar surface area (TPSA) is 88.6 Å². The van der Waals surface area contributed by atoms with Crippen LogP contribution in [0.5, 0.6) is 0 Å². The van der Waals surface area contributed by atoms with Crippen molar-refractivity contribution in [1.29, 1.82) is 0 Å². The first-order chi connectivity index (χ1) is 12.5. The average Bonchev–Trinajstić information content (AvgIpc) is 2.67. The molecule has 1 aromatic heterocycles. The van der Waals surface area contributed by atoms with E-state index in [0.717, 1.165) is 5.69 Å². The van der Waals surface area contributed by atoms with Crippen LogP contribution in [0, 0.1) is 0 Å². The van der Waals surface area contributed by atoms with E-state index in [1.807, 2.05) is 19.1 Å². The summed E-state index contributed by atoms with van der Waals surface area (Å²) >= 11 is 0. The van der Waals surface area contributed by atoms with Gasteiger partial charge in [0.05, 0.1) is 29.8 Å². The molecule has 1 aromatic carbocycles. The molecule has 8 heteroatoms. The summed E-state index contributed by atoms with van der Waals surface area (Å²) in [4.78, 5) is 16.5. The van der Waals surface area contributed by atoms with Gasteiger partial charge in [0.1, 0.15) is 0 Å². The van der Waals surface area contributed by atoms with Crippen LogP contribution in [0.15, 0.2) is 53.6 Å². The van der Waals surface area contributed by atoms with Crippen LogP contribution in [-0.2, 0) is 21.3 Å². The molecule has 2 heterocycles. The van der Waals surface area contributed by atoms with Crippen LogP contribution in [0.2, 0.25) is 0 Å². The highest BCUT2D eigenvalue weighted by atomic mass is 32.2. The maximum Gasteiger partial charge on any atom is 0.251 e. The lowest BCUT2D eigenvalue weighted by Crippen LogP contribution is -2.44. The Morgan fingerprint density at radius 2 is 2.04 bits per heavy atom. The van der Waals surface area contributed by atoms with Crippen molar-refractivity contribution in [3.8, 4) is 0 Å². The van der Waals surface area contributed by atoms with Gasteiger partial charge in [0.25, 0.3) is 5.91 Å². The van der Waals surface area contributed by atoms with E-state index in [9.17, 15) is 13.2 Å². The molecular formula is C18H21N3O4S. The quantitative estimate of drug-likeness (QED) is 0.854. The normalized spacial score (nSPS) is 18.4. The van der Waals surface area contributed by atoms with Gasteiger partial charge >= 0.3 is 0 Å². The van der Waals surface area contributed by atoms with Crippen molar-refractivity contribution in [3.05, 3.63) is 59.9 Å². The molecule has 7 nitrogen and oxygen atoms in total. The fraction of sp³-hybridized carbons (Fsp3) is 0.333. The van der Waals surface area contributed by atoms with Crippen molar-refractivity contribution >= 4 is 15.9 Å². The van der Waals surface area contributed by atoms with Gasteiger partial charge in [-0.15, -0.1) is 0 Å². The van der Waals surface area contributed by atoms with Crippen molar-refractivity contribution in [2.75, 3.05) is 19.7 Å². The monoisotopic (exact) mass is 375 g/mol. The van der Waals surface area contributed by atoms with Crippen LogP contribution in [-0.4, -0.2) is 49.4 Å². The molecule has 1 atom stereocenters. The Labute approximate surface area is 153 Å². The number of ether oxygens (including phenoxy) is 1. The number of hydrogen-bond acceptors (Lipinski definition) is 5. The minimum absolute atomic E-state index is 0.129. The zero-order valence-electron chi connectivity index (χ0n) is 14.5. The Balaban J connectivity index is 1.66. The zero-order valence-corrected chi connectivity index (χ0v) is 15.3. The third-order valence-electron chi connectivity index (χ3n) is 4.11. The van der Waals surface area contributed by atoms with Crippen LogP contribution in [0.1, 0.15) is 23.0 Å². The van der Waals surface area contributed by atoms with Crippen molar-refractivity contribution in [2.45, 2.75) is 24.5 Å². The SMILES string of the molecule is CC1CN(S(=O)(=O)c2ccc(C(=O)NCc3ccccn3)cc2)CCO1. The van der Waals surface area contributed by atoms with Crippen molar-refractivity contribution < 1.29 is 17.9 Å². The van der Waals surface area contributed by atoms with E-state index in [1.54, 1.807) is 12.3 Å². The number of rotatable bonds is 5. The molecule has 0 saturated carbocycles. The van der Waals surface area contributed by atoms with Gasteiger partial charge in [0.15, 0.2) is 0 Å². The number of pyridine rings is 1. The van der Waals surface area contributed by atoms with Crippen LogP contribution in [0.3, 0.4) is 0 Å². The number of benzene rings is 1. The summed E-state index contributed by atoms with van der Waals surface area (Å²) < 4.78 is 32.2. The minimum atomic E-state index is -3.58. The molecule has 0 radical (unpaired) electrons. The van der Waals surface area contributed by atoms with E-state index in [2.05, 4.69) is 10.3 Å². The van der Waals surface area contributed by atoms with Crippen LogP contribution >= 0.6 is 0 Å². The van der Waals surface area contributed by atoms with E-state index in [0.29, 0.717) is 31.8 Å². The molecule has 0 aliphatic carbocycles. The molecule has 0 bridgehead atoms. The maximum absolute atomic E-state index is 12.7. The van der Waals surface area contributed by atoms with Crippen molar-refractivity contribution in [3.63, 3.8) is 0 Å². The highest BCUT2D eigenvalue weighted by molar-refractivity contribution is 7.89. The van der Waals surface area contributed by atoms with Gasteiger partial charge in [-0.05, 0) is 43.3 Å². The van der Waals surface area contributed by atoms with E-state index in [4.69, 9.17) is 4.74 Å². The third-order valence-corrected chi connectivity index (χ3v) is 5.99. The first kappa shape index (κ1) is 18.5. The second-order valence-electron chi connectivity index (χ2n) is 6.07. The lowest BCUT2D eigenvalue weighted by molar-refractivity contribution is 0.0102. The Bertz CT molecular complexity index is 854. The molecule has 1 amide bonds. The second-order valence-corrected chi connectivity index (χ2v) is 8.01. The molecule has 1 N–H and O–H groups in total. The fourth-order valence-corrected chi connectivity index (χ4v) is 4.21. The molecule has 1 unspecified atom stereocenters. The molecule has 1 fully saturated rings. The van der Waals surface area contributed by atoms with Crippen LogP contribution in [0.4, 0.5) is 0 Å². The number of morpholine rings is 1. The van der Waals surface area contributed by atoms with Gasteiger partial charge in [-0.1, -0.05) is 6.07 Å². The minimum Gasteiger partial charge on any atom is -0.376 e. The largest absolute Gasteiger partial charge is 0.376 e. The van der Waals surface area contributed by atoms with E-state index < -0.39 is 10.0 Å². The van der Waals surface area contributed by atoms with Crippen molar-refractivity contribution in [2.24, 2.45) is 0 Å².